The molecule has 0 unspecified atom stereocenters. The van der Waals surface area contributed by atoms with Crippen molar-refractivity contribution in [2.75, 3.05) is 0 Å². The summed E-state index contributed by atoms with van der Waals surface area (Å²) >= 11 is 6.76. The summed E-state index contributed by atoms with van der Waals surface area (Å²) < 4.78 is 9.05. The first-order chi connectivity index (χ1) is 9.81. The number of hydrogen-bond donors (Lipinski definition) is 1. The monoisotopic (exact) mass is 416 g/mol. The van der Waals surface area contributed by atoms with Crippen LogP contribution in [0.4, 0.5) is 0 Å². The van der Waals surface area contributed by atoms with Gasteiger partial charge in [-0.2, -0.15) is 5.10 Å². The quantitative estimate of drug-likeness (QED) is 0.820. The van der Waals surface area contributed by atoms with Crippen LogP contribution in [-0.2, 0) is 13.7 Å². The zero-order chi connectivity index (χ0) is 15.7. The maximum atomic E-state index is 11.3. The minimum atomic E-state index is -1.02. The van der Waals surface area contributed by atoms with Gasteiger partial charge >= 0.3 is 5.97 Å². The third kappa shape index (κ3) is 3.29. The average Bonchev–Trinajstić information content (AvgIpc) is 2.62. The van der Waals surface area contributed by atoms with Crippen molar-refractivity contribution >= 4 is 37.8 Å². The van der Waals surface area contributed by atoms with Crippen LogP contribution in [0.1, 0.15) is 27.3 Å². The van der Waals surface area contributed by atoms with E-state index < -0.39 is 5.97 Å². The van der Waals surface area contributed by atoms with E-state index in [1.807, 2.05) is 27.0 Å². The fraction of sp³-hybridized carbons (Fsp3) is 0.286. The first-order valence-corrected chi connectivity index (χ1v) is 7.74. The molecule has 1 aromatic carbocycles. The molecule has 0 fully saturated rings. The fourth-order valence-electron chi connectivity index (χ4n) is 2.06. The second-order valence-electron chi connectivity index (χ2n) is 4.66. The Bertz CT molecular complexity index is 711. The normalized spacial score (nSPS) is 10.7. The summed E-state index contributed by atoms with van der Waals surface area (Å²) in [6.07, 6.45) is 0. The average molecular weight is 418 g/mol. The predicted octanol–water partition coefficient (Wildman–Crippen LogP) is 3.84. The lowest BCUT2D eigenvalue weighted by Gasteiger charge is -2.13. The van der Waals surface area contributed by atoms with Gasteiger partial charge in [0.25, 0.3) is 0 Å². The van der Waals surface area contributed by atoms with Crippen molar-refractivity contribution in [3.8, 4) is 5.75 Å². The number of carboxylic acid groups (broad SMARTS) is 1. The molecule has 1 aromatic heterocycles. The minimum Gasteiger partial charge on any atom is -0.486 e. The Balaban J connectivity index is 2.34. The van der Waals surface area contributed by atoms with Crippen LogP contribution in [0.15, 0.2) is 21.1 Å². The van der Waals surface area contributed by atoms with Crippen molar-refractivity contribution in [3.05, 3.63) is 43.6 Å². The van der Waals surface area contributed by atoms with Gasteiger partial charge in [0.2, 0.25) is 0 Å². The molecule has 0 atom stereocenters. The van der Waals surface area contributed by atoms with Gasteiger partial charge in [0.1, 0.15) is 17.9 Å². The Morgan fingerprint density at radius 3 is 2.57 bits per heavy atom. The largest absolute Gasteiger partial charge is 0.486 e. The highest BCUT2D eigenvalue weighted by Crippen LogP contribution is 2.30. The molecule has 0 aliphatic rings. The molecule has 7 heteroatoms. The van der Waals surface area contributed by atoms with Gasteiger partial charge in [0, 0.05) is 11.5 Å². The lowest BCUT2D eigenvalue weighted by molar-refractivity contribution is 0.0691. The Hall–Kier alpha value is -1.34. The van der Waals surface area contributed by atoms with E-state index >= 15 is 0 Å². The van der Waals surface area contributed by atoms with Gasteiger partial charge in [-0.3, -0.25) is 4.68 Å². The van der Waals surface area contributed by atoms with Gasteiger partial charge in [-0.15, -0.1) is 0 Å². The molecule has 0 aliphatic heterocycles. The van der Waals surface area contributed by atoms with Crippen LogP contribution in [-0.4, -0.2) is 20.9 Å². The van der Waals surface area contributed by atoms with E-state index in [2.05, 4.69) is 37.0 Å². The zero-order valence-electron chi connectivity index (χ0n) is 11.8. The highest BCUT2D eigenvalue weighted by atomic mass is 79.9. The SMILES string of the molecule is Cc1cc(Br)cc(C(=O)O)c1OCc1c(Br)c(C)nn1C. The molecule has 0 radical (unpaired) electrons. The van der Waals surface area contributed by atoms with E-state index in [4.69, 9.17) is 4.74 Å². The lowest BCUT2D eigenvalue weighted by atomic mass is 10.1. The fourth-order valence-corrected chi connectivity index (χ4v) is 3.08. The van der Waals surface area contributed by atoms with Crippen molar-refractivity contribution in [3.63, 3.8) is 0 Å². The van der Waals surface area contributed by atoms with Gasteiger partial charge in [-0.25, -0.2) is 4.79 Å². The van der Waals surface area contributed by atoms with Crippen molar-refractivity contribution in [2.45, 2.75) is 20.5 Å². The molecular formula is C14H14Br2N2O3. The predicted molar refractivity (Wildman–Crippen MR) is 85.8 cm³/mol. The van der Waals surface area contributed by atoms with E-state index in [-0.39, 0.29) is 12.2 Å². The summed E-state index contributed by atoms with van der Waals surface area (Å²) in [6.45, 7) is 3.94. The van der Waals surface area contributed by atoms with E-state index in [0.29, 0.717) is 10.2 Å². The molecule has 0 bridgehead atoms. The van der Waals surface area contributed by atoms with Gasteiger partial charge in [-0.1, -0.05) is 15.9 Å². The number of nitrogens with zero attached hydrogens (tertiary/aromatic N) is 2. The Morgan fingerprint density at radius 1 is 1.38 bits per heavy atom. The first kappa shape index (κ1) is 16.0. The van der Waals surface area contributed by atoms with Crippen LogP contribution in [0.3, 0.4) is 0 Å². The molecule has 5 nitrogen and oxygen atoms in total. The molecule has 0 saturated carbocycles. The number of aryl methyl sites for hydroxylation is 3. The highest BCUT2D eigenvalue weighted by molar-refractivity contribution is 9.10. The van der Waals surface area contributed by atoms with E-state index in [9.17, 15) is 9.90 Å². The topological polar surface area (TPSA) is 64.3 Å². The van der Waals surface area contributed by atoms with Gasteiger partial charge in [0.15, 0.2) is 0 Å². The number of carbonyl (C=O) groups is 1. The lowest BCUT2D eigenvalue weighted by Crippen LogP contribution is -2.08. The van der Waals surface area contributed by atoms with Crippen molar-refractivity contribution in [2.24, 2.45) is 7.05 Å². The second kappa shape index (κ2) is 6.19. The Labute approximate surface area is 139 Å². The molecule has 1 heterocycles. The number of benzene rings is 1. The maximum absolute atomic E-state index is 11.3. The number of halogens is 2. The van der Waals surface area contributed by atoms with E-state index in [0.717, 1.165) is 21.4 Å². The second-order valence-corrected chi connectivity index (χ2v) is 6.37. The number of hydrogen-bond acceptors (Lipinski definition) is 3. The van der Waals surface area contributed by atoms with Crippen LogP contribution < -0.4 is 4.74 Å². The smallest absolute Gasteiger partial charge is 0.339 e. The molecule has 0 amide bonds. The molecule has 21 heavy (non-hydrogen) atoms. The van der Waals surface area contributed by atoms with Crippen LogP contribution in [0.25, 0.3) is 0 Å². The molecule has 2 aromatic rings. The summed E-state index contributed by atoms with van der Waals surface area (Å²) in [6, 6.07) is 3.36. The van der Waals surface area contributed by atoms with E-state index in [1.54, 1.807) is 4.68 Å². The van der Waals surface area contributed by atoms with Gasteiger partial charge < -0.3 is 9.84 Å². The summed E-state index contributed by atoms with van der Waals surface area (Å²) in [5.41, 5.74) is 2.61. The summed E-state index contributed by atoms with van der Waals surface area (Å²) in [4.78, 5) is 11.3. The molecule has 0 saturated heterocycles. The van der Waals surface area contributed by atoms with Gasteiger partial charge in [0.05, 0.1) is 15.9 Å². The molecule has 112 valence electrons. The number of rotatable bonds is 4. The van der Waals surface area contributed by atoms with E-state index in [1.165, 1.54) is 6.07 Å². The highest BCUT2D eigenvalue weighted by Gasteiger charge is 2.17. The molecule has 1 N–H and O–H groups in total. The van der Waals surface area contributed by atoms with Crippen LogP contribution in [0.2, 0.25) is 0 Å². The molecule has 0 aliphatic carbocycles. The standard InChI is InChI=1S/C14H14Br2N2O3/c1-7-4-9(15)5-10(14(19)20)13(7)21-6-11-12(16)8(2)17-18(11)3/h4-5H,6H2,1-3H3,(H,19,20). The molecule has 0 spiro atoms. The third-order valence-electron chi connectivity index (χ3n) is 3.08. The summed E-state index contributed by atoms with van der Waals surface area (Å²) in [5, 5.41) is 13.6. The Morgan fingerprint density at radius 2 is 2.05 bits per heavy atom. The first-order valence-electron chi connectivity index (χ1n) is 6.15. The van der Waals surface area contributed by atoms with Crippen LogP contribution >= 0.6 is 31.9 Å². The van der Waals surface area contributed by atoms with Crippen molar-refractivity contribution in [1.29, 1.82) is 0 Å². The number of aromatic nitrogens is 2. The number of aromatic carboxylic acids is 1. The van der Waals surface area contributed by atoms with Crippen LogP contribution in [0.5, 0.6) is 5.75 Å². The van der Waals surface area contributed by atoms with Crippen molar-refractivity contribution < 1.29 is 14.6 Å². The van der Waals surface area contributed by atoms with Crippen molar-refractivity contribution in [1.82, 2.24) is 9.78 Å². The summed E-state index contributed by atoms with van der Waals surface area (Å²) in [5.74, 6) is -0.647. The molecular weight excluding hydrogens is 404 g/mol. The number of carboxylic acids is 1. The Kier molecular flexibility index (Phi) is 4.73. The third-order valence-corrected chi connectivity index (χ3v) is 4.57. The number of ether oxygens (including phenoxy) is 1. The van der Waals surface area contributed by atoms with Gasteiger partial charge in [-0.05, 0) is 47.5 Å². The maximum Gasteiger partial charge on any atom is 0.339 e. The zero-order valence-corrected chi connectivity index (χ0v) is 14.9. The van der Waals surface area contributed by atoms with Crippen LogP contribution in [0, 0.1) is 13.8 Å². The minimum absolute atomic E-state index is 0.136. The molecule has 2 rings (SSSR count). The summed E-state index contributed by atoms with van der Waals surface area (Å²) in [7, 11) is 1.82.